The van der Waals surface area contributed by atoms with Crippen LogP contribution in [-0.2, 0) is 9.59 Å². The Balaban J connectivity index is 1.64. The Morgan fingerprint density at radius 3 is 2.67 bits per heavy atom. The summed E-state index contributed by atoms with van der Waals surface area (Å²) in [5, 5.41) is 13.6. The van der Waals surface area contributed by atoms with E-state index in [1.807, 2.05) is 24.3 Å². The van der Waals surface area contributed by atoms with E-state index in [2.05, 4.69) is 21.2 Å². The Kier molecular flexibility index (Phi) is 7.06. The van der Waals surface area contributed by atoms with Gasteiger partial charge in [0.15, 0.2) is 15.7 Å². The summed E-state index contributed by atoms with van der Waals surface area (Å²) in [7, 11) is 10.7. The number of piperazine rings is 1. The van der Waals surface area contributed by atoms with E-state index < -0.39 is 5.59 Å². The number of amides is 2. The highest BCUT2D eigenvalue weighted by Gasteiger charge is 2.23. The molecule has 3 rings (SSSR count). The van der Waals surface area contributed by atoms with Gasteiger partial charge in [-0.3, -0.25) is 9.59 Å². The third-order valence-electron chi connectivity index (χ3n) is 4.41. The summed E-state index contributed by atoms with van der Waals surface area (Å²) in [4.78, 5) is 30.2. The van der Waals surface area contributed by atoms with Crippen LogP contribution in [0.2, 0.25) is 0 Å². The Morgan fingerprint density at radius 2 is 2.00 bits per heavy atom. The first kappa shape index (κ1) is 22.2. The third-order valence-corrected chi connectivity index (χ3v) is 5.58. The van der Waals surface area contributed by atoms with Crippen molar-refractivity contribution in [1.82, 2.24) is 19.5 Å². The maximum Gasteiger partial charge on any atom is 0.243 e. The molecule has 1 aromatic heterocycles. The number of benzene rings is 1. The lowest BCUT2D eigenvalue weighted by atomic mass is 9.77. The molecule has 0 saturated carbocycles. The van der Waals surface area contributed by atoms with Crippen molar-refractivity contribution < 1.29 is 19.4 Å². The standard InChI is InChI=1S/C19H20B2N4O4S/c1-2-16(26)23-12-17(27)24-8-10-25(11-9-24)30-15-5-3-4-14-13(15)6-7-22-18(14)29-19(20,21)28/h2-7,28H,1,8-12H2,(H,23,26). The van der Waals surface area contributed by atoms with Gasteiger partial charge in [-0.25, -0.2) is 9.29 Å². The van der Waals surface area contributed by atoms with Gasteiger partial charge in [0, 0.05) is 48.0 Å². The van der Waals surface area contributed by atoms with Crippen molar-refractivity contribution >= 4 is 50.2 Å². The van der Waals surface area contributed by atoms with Gasteiger partial charge in [-0.1, -0.05) is 12.6 Å². The van der Waals surface area contributed by atoms with Gasteiger partial charge in [0.05, 0.1) is 6.54 Å². The van der Waals surface area contributed by atoms with Crippen LogP contribution in [0, 0.1) is 0 Å². The highest BCUT2D eigenvalue weighted by atomic mass is 32.2. The van der Waals surface area contributed by atoms with Gasteiger partial charge in [-0.05, 0) is 36.2 Å². The molecule has 1 fully saturated rings. The van der Waals surface area contributed by atoms with E-state index in [0.29, 0.717) is 31.6 Å². The number of ether oxygens (including phenoxy) is 1. The molecule has 0 unspecified atom stereocenters. The minimum atomic E-state index is -2.32. The van der Waals surface area contributed by atoms with Crippen molar-refractivity contribution in [2.45, 2.75) is 10.5 Å². The van der Waals surface area contributed by atoms with Crippen molar-refractivity contribution in [3.05, 3.63) is 43.1 Å². The predicted molar refractivity (Wildman–Crippen MR) is 116 cm³/mol. The van der Waals surface area contributed by atoms with Gasteiger partial charge in [0.25, 0.3) is 0 Å². The second-order valence-corrected chi connectivity index (χ2v) is 7.78. The van der Waals surface area contributed by atoms with Gasteiger partial charge < -0.3 is 20.1 Å². The molecule has 152 valence electrons. The topological polar surface area (TPSA) is 95.0 Å². The van der Waals surface area contributed by atoms with Gasteiger partial charge >= 0.3 is 0 Å². The summed E-state index contributed by atoms with van der Waals surface area (Å²) >= 11 is 1.56. The molecule has 2 amide bonds. The minimum absolute atomic E-state index is 0.0360. The van der Waals surface area contributed by atoms with Crippen LogP contribution in [0.15, 0.2) is 48.0 Å². The predicted octanol–water partition coefficient (Wildman–Crippen LogP) is 0.00770. The monoisotopic (exact) mass is 422 g/mol. The van der Waals surface area contributed by atoms with Crippen molar-refractivity contribution in [3.8, 4) is 5.88 Å². The molecule has 0 aliphatic carbocycles. The number of hydrogen-bond acceptors (Lipinski definition) is 7. The Hall–Kier alpha value is -2.49. The molecule has 1 aliphatic rings. The van der Waals surface area contributed by atoms with Gasteiger partial charge in [-0.2, -0.15) is 0 Å². The number of fused-ring (bicyclic) bond motifs is 1. The van der Waals surface area contributed by atoms with E-state index in [1.165, 1.54) is 0 Å². The molecule has 2 aromatic rings. The number of aromatic nitrogens is 1. The normalized spacial score (nSPS) is 15.0. The fraction of sp³-hybridized carbons (Fsp3) is 0.316. The number of rotatable bonds is 7. The van der Waals surface area contributed by atoms with E-state index >= 15 is 0 Å². The maximum absolute atomic E-state index is 12.2. The number of carbonyl (C=O) groups excluding carboxylic acids is 2. The first-order chi connectivity index (χ1) is 14.3. The molecular weight excluding hydrogens is 402 g/mol. The number of nitrogens with one attached hydrogen (secondary N) is 1. The third kappa shape index (κ3) is 5.78. The molecule has 4 radical (unpaired) electrons. The lowest BCUT2D eigenvalue weighted by Crippen LogP contribution is -2.49. The Morgan fingerprint density at radius 1 is 1.27 bits per heavy atom. The number of carbonyl (C=O) groups is 2. The quantitative estimate of drug-likeness (QED) is 0.281. The van der Waals surface area contributed by atoms with Crippen molar-refractivity contribution in [2.24, 2.45) is 0 Å². The summed E-state index contributed by atoms with van der Waals surface area (Å²) in [6.07, 6.45) is 2.70. The number of pyridine rings is 1. The molecule has 1 aliphatic heterocycles. The SMILES string of the molecule is [B]C([B])(O)Oc1nccc2c(SN3CCN(C(=O)CNC(=O)C=C)CC3)cccc12. The lowest BCUT2D eigenvalue weighted by Gasteiger charge is -2.34. The summed E-state index contributed by atoms with van der Waals surface area (Å²) in [6, 6.07) is 7.48. The number of nitrogens with zero attached hydrogens (tertiary/aromatic N) is 3. The molecule has 2 N–H and O–H groups in total. The van der Waals surface area contributed by atoms with E-state index in [1.54, 1.807) is 23.0 Å². The molecule has 2 heterocycles. The zero-order chi connectivity index (χ0) is 21.7. The highest BCUT2D eigenvalue weighted by molar-refractivity contribution is 7.97. The molecular formula is C19H20B2N4O4S. The average molecular weight is 422 g/mol. The smallest absolute Gasteiger partial charge is 0.243 e. The van der Waals surface area contributed by atoms with Crippen LogP contribution in [0.5, 0.6) is 5.88 Å². The summed E-state index contributed by atoms with van der Waals surface area (Å²) < 4.78 is 7.30. The van der Waals surface area contributed by atoms with Gasteiger partial charge in [0.2, 0.25) is 17.7 Å². The van der Waals surface area contributed by atoms with Gasteiger partial charge in [0.1, 0.15) is 5.59 Å². The van der Waals surface area contributed by atoms with E-state index in [-0.39, 0.29) is 24.2 Å². The fourth-order valence-corrected chi connectivity index (χ4v) is 4.02. The summed E-state index contributed by atoms with van der Waals surface area (Å²) in [6.45, 7) is 5.78. The van der Waals surface area contributed by atoms with Crippen LogP contribution in [-0.4, -0.2) is 85.1 Å². The van der Waals surface area contributed by atoms with Crippen LogP contribution >= 0.6 is 11.9 Å². The number of aliphatic hydroxyl groups is 1. The van der Waals surface area contributed by atoms with Crippen molar-refractivity contribution in [1.29, 1.82) is 0 Å². The average Bonchev–Trinajstić information content (AvgIpc) is 2.72. The Bertz CT molecular complexity index is 946. The van der Waals surface area contributed by atoms with E-state index in [4.69, 9.17) is 20.4 Å². The first-order valence-electron chi connectivity index (χ1n) is 9.24. The van der Waals surface area contributed by atoms with Crippen LogP contribution in [0.25, 0.3) is 10.8 Å². The zero-order valence-corrected chi connectivity index (χ0v) is 17.1. The second-order valence-electron chi connectivity index (χ2n) is 6.64. The van der Waals surface area contributed by atoms with Crippen molar-refractivity contribution in [3.63, 3.8) is 0 Å². The lowest BCUT2D eigenvalue weighted by molar-refractivity contribution is -0.133. The zero-order valence-electron chi connectivity index (χ0n) is 16.3. The van der Waals surface area contributed by atoms with E-state index in [0.717, 1.165) is 16.4 Å². The molecule has 11 heteroatoms. The molecule has 1 saturated heterocycles. The molecule has 30 heavy (non-hydrogen) atoms. The van der Waals surface area contributed by atoms with E-state index in [9.17, 15) is 14.7 Å². The van der Waals surface area contributed by atoms with Crippen LogP contribution in [0.1, 0.15) is 0 Å². The van der Waals surface area contributed by atoms with Crippen LogP contribution < -0.4 is 10.1 Å². The Labute approximate surface area is 181 Å². The molecule has 8 nitrogen and oxygen atoms in total. The second kappa shape index (κ2) is 9.55. The summed E-state index contributed by atoms with van der Waals surface area (Å²) in [5.74, 6) is -0.350. The fourth-order valence-electron chi connectivity index (χ4n) is 2.98. The molecule has 0 spiro atoms. The molecule has 0 atom stereocenters. The maximum atomic E-state index is 12.2. The summed E-state index contributed by atoms with van der Waals surface area (Å²) in [5.41, 5.74) is -2.32. The minimum Gasteiger partial charge on any atom is -0.465 e. The highest BCUT2D eigenvalue weighted by Crippen LogP contribution is 2.34. The van der Waals surface area contributed by atoms with Crippen LogP contribution in [0.4, 0.5) is 0 Å². The van der Waals surface area contributed by atoms with Crippen molar-refractivity contribution in [2.75, 3.05) is 32.7 Å². The largest absolute Gasteiger partial charge is 0.465 e. The number of hydrogen-bond donors (Lipinski definition) is 2. The first-order valence-corrected chi connectivity index (χ1v) is 10.0. The molecule has 1 aromatic carbocycles. The molecule has 0 bridgehead atoms. The van der Waals surface area contributed by atoms with Crippen LogP contribution in [0.3, 0.4) is 0 Å². The van der Waals surface area contributed by atoms with Gasteiger partial charge in [-0.15, -0.1) is 0 Å².